The van der Waals surface area contributed by atoms with Crippen LogP contribution in [0.1, 0.15) is 15.9 Å². The third-order valence-corrected chi connectivity index (χ3v) is 2.87. The zero-order chi connectivity index (χ0) is 14.8. The van der Waals surface area contributed by atoms with Gasteiger partial charge in [0.05, 0.1) is 16.1 Å². The molecule has 0 atom stereocenters. The first-order chi connectivity index (χ1) is 9.43. The number of alkyl halides is 3. The van der Waals surface area contributed by atoms with E-state index in [0.717, 1.165) is 6.07 Å². The summed E-state index contributed by atoms with van der Waals surface area (Å²) in [5, 5.41) is 0.113. The van der Waals surface area contributed by atoms with Crippen LogP contribution in [0.2, 0.25) is 5.02 Å². The largest absolute Gasteiger partial charge is 0.456 e. The molecule has 0 radical (unpaired) electrons. The summed E-state index contributed by atoms with van der Waals surface area (Å²) in [6.07, 6.45) is -4.11. The average Bonchev–Trinajstić information content (AvgIpc) is 2.38. The zero-order valence-corrected chi connectivity index (χ0v) is 10.7. The number of ether oxygens (including phenoxy) is 1. The molecule has 0 saturated carbocycles. The quantitative estimate of drug-likeness (QED) is 0.749. The number of halogens is 4. The van der Waals surface area contributed by atoms with Crippen molar-refractivity contribution in [2.24, 2.45) is 0 Å². The molecule has 0 amide bonds. The molecule has 0 fully saturated rings. The van der Waals surface area contributed by atoms with E-state index < -0.39 is 11.7 Å². The van der Waals surface area contributed by atoms with Crippen molar-refractivity contribution in [3.8, 4) is 11.5 Å². The van der Waals surface area contributed by atoms with Crippen LogP contribution in [0, 0.1) is 0 Å². The molecule has 0 aromatic heterocycles. The fourth-order valence-corrected chi connectivity index (χ4v) is 1.84. The zero-order valence-electron chi connectivity index (χ0n) is 9.95. The van der Waals surface area contributed by atoms with Gasteiger partial charge in [0.25, 0.3) is 0 Å². The van der Waals surface area contributed by atoms with Crippen LogP contribution in [0.5, 0.6) is 11.5 Å². The second-order valence-corrected chi connectivity index (χ2v) is 4.27. The van der Waals surface area contributed by atoms with Gasteiger partial charge < -0.3 is 4.74 Å². The summed E-state index contributed by atoms with van der Waals surface area (Å²) in [5.74, 6) is -0.408. The minimum atomic E-state index is -4.55. The van der Waals surface area contributed by atoms with E-state index in [1.165, 1.54) is 36.4 Å². The van der Waals surface area contributed by atoms with Gasteiger partial charge in [-0.1, -0.05) is 29.8 Å². The smallest absolute Gasteiger partial charge is 0.419 e. The molecule has 104 valence electrons. The van der Waals surface area contributed by atoms with E-state index in [-0.39, 0.29) is 22.1 Å². The lowest BCUT2D eigenvalue weighted by Crippen LogP contribution is -2.07. The Morgan fingerprint density at radius 1 is 1.00 bits per heavy atom. The predicted octanol–water partition coefficient (Wildman–Crippen LogP) is 4.96. The first-order valence-corrected chi connectivity index (χ1v) is 5.89. The Morgan fingerprint density at radius 3 is 2.30 bits per heavy atom. The molecular weight excluding hydrogens is 293 g/mol. The second kappa shape index (κ2) is 5.54. The highest BCUT2D eigenvalue weighted by Gasteiger charge is 2.34. The molecule has 0 aliphatic heterocycles. The molecule has 2 rings (SSSR count). The Balaban J connectivity index is 2.46. The van der Waals surface area contributed by atoms with Gasteiger partial charge in [-0.15, -0.1) is 0 Å². The summed E-state index contributed by atoms with van der Waals surface area (Å²) in [4.78, 5) is 10.9. The summed E-state index contributed by atoms with van der Waals surface area (Å²) in [6, 6.07) is 9.07. The minimum absolute atomic E-state index is 0.00569. The Labute approximate surface area is 117 Å². The molecule has 0 unspecified atom stereocenters. The fourth-order valence-electron chi connectivity index (χ4n) is 1.63. The number of carbonyl (C=O) groups excluding carboxylic acids is 1. The lowest BCUT2D eigenvalue weighted by molar-refractivity contribution is -0.138. The van der Waals surface area contributed by atoms with Crippen LogP contribution in [-0.2, 0) is 6.18 Å². The molecule has 0 heterocycles. The normalized spacial score (nSPS) is 11.2. The van der Waals surface area contributed by atoms with E-state index in [1.807, 2.05) is 0 Å². The summed E-state index contributed by atoms with van der Waals surface area (Å²) in [7, 11) is 0. The van der Waals surface area contributed by atoms with Crippen molar-refractivity contribution in [2.45, 2.75) is 6.18 Å². The molecule has 2 aromatic rings. The summed E-state index contributed by atoms with van der Waals surface area (Å²) in [6.45, 7) is 0. The van der Waals surface area contributed by atoms with Crippen molar-refractivity contribution >= 4 is 17.9 Å². The monoisotopic (exact) mass is 300 g/mol. The van der Waals surface area contributed by atoms with Crippen LogP contribution in [-0.4, -0.2) is 6.29 Å². The molecular formula is C14H8ClF3O2. The number of carbonyl (C=O) groups is 1. The third kappa shape index (κ3) is 2.93. The van der Waals surface area contributed by atoms with Gasteiger partial charge in [0.1, 0.15) is 11.5 Å². The van der Waals surface area contributed by atoms with Crippen LogP contribution in [0.4, 0.5) is 13.2 Å². The second-order valence-electron chi connectivity index (χ2n) is 3.87. The van der Waals surface area contributed by atoms with E-state index in [9.17, 15) is 18.0 Å². The molecule has 0 aliphatic rings. The van der Waals surface area contributed by atoms with Crippen molar-refractivity contribution < 1.29 is 22.7 Å². The highest BCUT2D eigenvalue weighted by Crippen LogP contribution is 2.39. The Kier molecular flexibility index (Phi) is 3.99. The topological polar surface area (TPSA) is 26.3 Å². The molecule has 0 saturated heterocycles. The van der Waals surface area contributed by atoms with E-state index >= 15 is 0 Å². The number of benzene rings is 2. The highest BCUT2D eigenvalue weighted by atomic mass is 35.5. The molecule has 2 nitrogen and oxygen atoms in total. The van der Waals surface area contributed by atoms with Gasteiger partial charge in [0.2, 0.25) is 0 Å². The summed E-state index contributed by atoms with van der Waals surface area (Å²) >= 11 is 5.79. The summed E-state index contributed by atoms with van der Waals surface area (Å²) in [5.41, 5.74) is -0.914. The molecule has 0 N–H and O–H groups in total. The first kappa shape index (κ1) is 14.4. The van der Waals surface area contributed by atoms with Gasteiger partial charge in [-0.25, -0.2) is 0 Å². The van der Waals surface area contributed by atoms with Gasteiger partial charge >= 0.3 is 6.18 Å². The molecule has 0 aliphatic carbocycles. The number of hydrogen-bond donors (Lipinski definition) is 0. The van der Waals surface area contributed by atoms with Crippen LogP contribution in [0.25, 0.3) is 0 Å². The van der Waals surface area contributed by atoms with E-state index in [4.69, 9.17) is 16.3 Å². The van der Waals surface area contributed by atoms with E-state index in [1.54, 1.807) is 0 Å². The maximum atomic E-state index is 12.8. The van der Waals surface area contributed by atoms with E-state index in [2.05, 4.69) is 0 Å². The Hall–Kier alpha value is -2.01. The van der Waals surface area contributed by atoms with Crippen molar-refractivity contribution in [1.82, 2.24) is 0 Å². The van der Waals surface area contributed by atoms with E-state index in [0.29, 0.717) is 6.29 Å². The lowest BCUT2D eigenvalue weighted by Gasteiger charge is -2.14. The number of aldehydes is 1. The molecule has 0 bridgehead atoms. The highest BCUT2D eigenvalue weighted by molar-refractivity contribution is 6.33. The van der Waals surface area contributed by atoms with Crippen molar-refractivity contribution in [2.75, 3.05) is 0 Å². The van der Waals surface area contributed by atoms with Crippen molar-refractivity contribution in [3.05, 3.63) is 58.6 Å². The van der Waals surface area contributed by atoms with Crippen LogP contribution >= 0.6 is 11.6 Å². The first-order valence-electron chi connectivity index (χ1n) is 5.51. The van der Waals surface area contributed by atoms with Crippen molar-refractivity contribution in [3.63, 3.8) is 0 Å². The Morgan fingerprint density at radius 2 is 1.65 bits per heavy atom. The SMILES string of the molecule is O=Cc1c(Cl)cccc1Oc1ccccc1C(F)(F)F. The maximum Gasteiger partial charge on any atom is 0.419 e. The van der Waals surface area contributed by atoms with Gasteiger partial charge in [-0.3, -0.25) is 4.79 Å². The fraction of sp³-hybridized carbons (Fsp3) is 0.0714. The lowest BCUT2D eigenvalue weighted by atomic mass is 10.2. The average molecular weight is 301 g/mol. The molecule has 20 heavy (non-hydrogen) atoms. The molecule has 0 spiro atoms. The third-order valence-electron chi connectivity index (χ3n) is 2.54. The van der Waals surface area contributed by atoms with Crippen LogP contribution in [0.15, 0.2) is 42.5 Å². The maximum absolute atomic E-state index is 12.8. The predicted molar refractivity (Wildman–Crippen MR) is 68.4 cm³/mol. The summed E-state index contributed by atoms with van der Waals surface area (Å²) < 4.78 is 43.7. The van der Waals surface area contributed by atoms with Crippen molar-refractivity contribution in [1.29, 1.82) is 0 Å². The number of para-hydroxylation sites is 1. The van der Waals surface area contributed by atoms with Gasteiger partial charge in [0, 0.05) is 0 Å². The standard InChI is InChI=1S/C14H8ClF3O2/c15-11-5-3-7-12(9(11)8-19)20-13-6-2-1-4-10(13)14(16,17)18/h1-8H. The van der Waals surface area contributed by atoms with Crippen LogP contribution < -0.4 is 4.74 Å². The Bertz CT molecular complexity index is 639. The molecule has 2 aromatic carbocycles. The minimum Gasteiger partial charge on any atom is -0.456 e. The number of rotatable bonds is 3. The number of hydrogen-bond acceptors (Lipinski definition) is 2. The van der Waals surface area contributed by atoms with Gasteiger partial charge in [-0.05, 0) is 24.3 Å². The molecule has 6 heteroatoms. The van der Waals surface area contributed by atoms with Gasteiger partial charge in [0.15, 0.2) is 6.29 Å². The van der Waals surface area contributed by atoms with Crippen LogP contribution in [0.3, 0.4) is 0 Å². The van der Waals surface area contributed by atoms with Gasteiger partial charge in [-0.2, -0.15) is 13.2 Å².